The topological polar surface area (TPSA) is 94.0 Å². The van der Waals surface area contributed by atoms with Gasteiger partial charge < -0.3 is 15.6 Å². The molecule has 0 bridgehead atoms. The molecule has 2 rings (SSSR count). The number of aromatic nitrogens is 2. The van der Waals surface area contributed by atoms with E-state index in [-0.39, 0.29) is 11.9 Å². The van der Waals surface area contributed by atoms with E-state index in [1.807, 2.05) is 13.8 Å². The van der Waals surface area contributed by atoms with Crippen LogP contribution in [0.15, 0.2) is 16.8 Å². The Morgan fingerprint density at radius 1 is 1.61 bits per heavy atom. The molecular weight excluding hydrogens is 232 g/mol. The Labute approximate surface area is 105 Å². The highest BCUT2D eigenvalue weighted by molar-refractivity contribution is 5.97. The Morgan fingerprint density at radius 2 is 2.39 bits per heavy atom. The minimum absolute atomic E-state index is 0.0682. The predicted octanol–water partition coefficient (Wildman–Crippen LogP) is 0.862. The number of hydrogen-bond acceptors (Lipinski definition) is 5. The molecule has 0 unspecified atom stereocenters. The Bertz CT molecular complexity index is 564. The molecule has 0 spiro atoms. The Balaban J connectivity index is 2.31. The number of carbonyl (C=O) groups is 1. The van der Waals surface area contributed by atoms with Crippen LogP contribution in [0.3, 0.4) is 0 Å². The first kappa shape index (κ1) is 12.5. The lowest BCUT2D eigenvalue weighted by Crippen LogP contribution is -2.37. The fraction of sp³-hybridized carbons (Fsp3) is 0.417. The van der Waals surface area contributed by atoms with Gasteiger partial charge in [0.15, 0.2) is 0 Å². The van der Waals surface area contributed by atoms with Gasteiger partial charge in [0, 0.05) is 18.8 Å². The molecule has 3 N–H and O–H groups in total. The molecule has 1 amide bonds. The number of amides is 1. The molecule has 2 aromatic heterocycles. The van der Waals surface area contributed by atoms with Crippen molar-refractivity contribution in [1.29, 1.82) is 0 Å². The first-order chi connectivity index (χ1) is 8.65. The lowest BCUT2D eigenvalue weighted by molar-refractivity contribution is 0.0941. The van der Waals surface area contributed by atoms with Crippen LogP contribution in [0.1, 0.15) is 29.9 Å². The third-order valence-electron chi connectivity index (χ3n) is 2.73. The van der Waals surface area contributed by atoms with E-state index in [0.717, 1.165) is 17.5 Å². The number of aryl methyl sites for hydroxylation is 1. The molecule has 0 saturated heterocycles. The molecule has 0 aromatic carbocycles. The zero-order valence-corrected chi connectivity index (χ0v) is 10.4. The molecule has 2 heterocycles. The monoisotopic (exact) mass is 248 g/mol. The van der Waals surface area contributed by atoms with E-state index in [2.05, 4.69) is 15.5 Å². The van der Waals surface area contributed by atoms with Gasteiger partial charge in [-0.25, -0.2) is 4.98 Å². The number of fused-ring (bicyclic) bond motifs is 1. The van der Waals surface area contributed by atoms with Crippen LogP contribution in [0.2, 0.25) is 0 Å². The van der Waals surface area contributed by atoms with Gasteiger partial charge in [-0.2, -0.15) is 0 Å². The largest absolute Gasteiger partial charge is 0.348 e. The normalized spacial score (nSPS) is 12.6. The highest BCUT2D eigenvalue weighted by Gasteiger charge is 2.13. The maximum atomic E-state index is 11.9. The first-order valence-corrected chi connectivity index (χ1v) is 5.91. The van der Waals surface area contributed by atoms with Crippen LogP contribution in [-0.2, 0) is 6.42 Å². The number of hydrogen-bond donors (Lipinski definition) is 2. The number of nitrogens with zero attached hydrogens (tertiary/aromatic N) is 2. The van der Waals surface area contributed by atoms with Gasteiger partial charge in [0.1, 0.15) is 0 Å². The Hall–Kier alpha value is -1.95. The molecule has 0 saturated carbocycles. The summed E-state index contributed by atoms with van der Waals surface area (Å²) in [5.74, 6) is -0.189. The summed E-state index contributed by atoms with van der Waals surface area (Å²) in [7, 11) is 0. The molecule has 0 aliphatic carbocycles. The van der Waals surface area contributed by atoms with Gasteiger partial charge in [-0.1, -0.05) is 12.1 Å². The van der Waals surface area contributed by atoms with Gasteiger partial charge in [0.05, 0.1) is 16.6 Å². The van der Waals surface area contributed by atoms with E-state index in [0.29, 0.717) is 17.8 Å². The number of carbonyl (C=O) groups excluding carboxylic acids is 1. The quantitative estimate of drug-likeness (QED) is 0.837. The molecule has 0 aliphatic heterocycles. The van der Waals surface area contributed by atoms with Crippen LogP contribution in [0.4, 0.5) is 0 Å². The third-order valence-corrected chi connectivity index (χ3v) is 2.73. The SMILES string of the molecule is CCc1noc2ncc(C(=O)N[C@@H](C)CN)cc12. The van der Waals surface area contributed by atoms with Crippen LogP contribution in [0, 0.1) is 0 Å². The van der Waals surface area contributed by atoms with E-state index in [9.17, 15) is 4.79 Å². The average Bonchev–Trinajstić information content (AvgIpc) is 2.80. The van der Waals surface area contributed by atoms with E-state index in [4.69, 9.17) is 10.3 Å². The van der Waals surface area contributed by atoms with Crippen molar-refractivity contribution in [2.75, 3.05) is 6.54 Å². The van der Waals surface area contributed by atoms with E-state index in [1.54, 1.807) is 6.07 Å². The highest BCUT2D eigenvalue weighted by Crippen LogP contribution is 2.18. The molecule has 18 heavy (non-hydrogen) atoms. The second kappa shape index (κ2) is 5.14. The van der Waals surface area contributed by atoms with Gasteiger partial charge in [0.2, 0.25) is 0 Å². The van der Waals surface area contributed by atoms with Crippen molar-refractivity contribution in [3.8, 4) is 0 Å². The summed E-state index contributed by atoms with van der Waals surface area (Å²) in [6.07, 6.45) is 2.21. The van der Waals surface area contributed by atoms with Crippen LogP contribution in [-0.4, -0.2) is 28.6 Å². The van der Waals surface area contributed by atoms with E-state index in [1.165, 1.54) is 6.20 Å². The molecule has 1 atom stereocenters. The van der Waals surface area contributed by atoms with Crippen molar-refractivity contribution >= 4 is 17.0 Å². The summed E-state index contributed by atoms with van der Waals surface area (Å²) < 4.78 is 5.06. The van der Waals surface area contributed by atoms with Crippen LogP contribution in [0.5, 0.6) is 0 Å². The Morgan fingerprint density at radius 3 is 3.06 bits per heavy atom. The van der Waals surface area contributed by atoms with Crippen LogP contribution < -0.4 is 11.1 Å². The molecule has 2 aromatic rings. The minimum atomic E-state index is -0.189. The summed E-state index contributed by atoms with van der Waals surface area (Å²) in [5, 5.41) is 7.47. The molecule has 6 heteroatoms. The summed E-state index contributed by atoms with van der Waals surface area (Å²) in [6, 6.07) is 1.68. The number of pyridine rings is 1. The summed E-state index contributed by atoms with van der Waals surface area (Å²) in [5.41, 5.74) is 7.21. The predicted molar refractivity (Wildman–Crippen MR) is 67.2 cm³/mol. The molecule has 0 aliphatic rings. The maximum Gasteiger partial charge on any atom is 0.257 e. The van der Waals surface area contributed by atoms with Crippen molar-refractivity contribution in [3.63, 3.8) is 0 Å². The van der Waals surface area contributed by atoms with E-state index < -0.39 is 0 Å². The fourth-order valence-corrected chi connectivity index (χ4v) is 1.62. The molecular formula is C12H16N4O2. The Kier molecular flexibility index (Phi) is 3.57. The van der Waals surface area contributed by atoms with Gasteiger partial charge >= 0.3 is 0 Å². The zero-order valence-electron chi connectivity index (χ0n) is 10.4. The van der Waals surface area contributed by atoms with E-state index >= 15 is 0 Å². The van der Waals surface area contributed by atoms with Crippen LogP contribution >= 0.6 is 0 Å². The number of rotatable bonds is 4. The molecule has 96 valence electrons. The average molecular weight is 248 g/mol. The molecule has 6 nitrogen and oxygen atoms in total. The minimum Gasteiger partial charge on any atom is -0.348 e. The van der Waals surface area contributed by atoms with Crippen molar-refractivity contribution < 1.29 is 9.32 Å². The third kappa shape index (κ3) is 2.33. The smallest absolute Gasteiger partial charge is 0.257 e. The van der Waals surface area contributed by atoms with Gasteiger partial charge in [-0.3, -0.25) is 4.79 Å². The lowest BCUT2D eigenvalue weighted by Gasteiger charge is -2.10. The van der Waals surface area contributed by atoms with Crippen molar-refractivity contribution in [2.24, 2.45) is 5.73 Å². The fourth-order valence-electron chi connectivity index (χ4n) is 1.62. The maximum absolute atomic E-state index is 11.9. The second-order valence-corrected chi connectivity index (χ2v) is 4.17. The number of nitrogens with one attached hydrogen (secondary N) is 1. The molecule has 0 fully saturated rings. The summed E-state index contributed by atoms with van der Waals surface area (Å²) >= 11 is 0. The standard InChI is InChI=1S/C12H16N4O2/c1-3-10-9-4-8(6-14-12(9)18-16-10)11(17)15-7(2)5-13/h4,6-7H,3,5,13H2,1-2H3,(H,15,17)/t7-/m0/s1. The number of nitrogens with two attached hydrogens (primary N) is 1. The summed E-state index contributed by atoms with van der Waals surface area (Å²) in [4.78, 5) is 16.0. The van der Waals surface area contributed by atoms with Crippen LogP contribution in [0.25, 0.3) is 11.1 Å². The van der Waals surface area contributed by atoms with Crippen molar-refractivity contribution in [1.82, 2.24) is 15.5 Å². The second-order valence-electron chi connectivity index (χ2n) is 4.17. The van der Waals surface area contributed by atoms with Crippen molar-refractivity contribution in [2.45, 2.75) is 26.3 Å². The zero-order chi connectivity index (χ0) is 13.1. The lowest BCUT2D eigenvalue weighted by atomic mass is 10.1. The molecule has 0 radical (unpaired) electrons. The summed E-state index contributed by atoms with van der Waals surface area (Å²) in [6.45, 7) is 4.22. The first-order valence-electron chi connectivity index (χ1n) is 5.91. The highest BCUT2D eigenvalue weighted by atomic mass is 16.5. The van der Waals surface area contributed by atoms with Crippen molar-refractivity contribution in [3.05, 3.63) is 23.5 Å². The van der Waals surface area contributed by atoms with Gasteiger partial charge in [0.25, 0.3) is 11.6 Å². The van der Waals surface area contributed by atoms with Gasteiger partial charge in [-0.05, 0) is 19.4 Å². The van der Waals surface area contributed by atoms with Gasteiger partial charge in [-0.15, -0.1) is 0 Å².